The van der Waals surface area contributed by atoms with Gasteiger partial charge in [0.2, 0.25) is 5.54 Å². The molecule has 0 aliphatic heterocycles. The van der Waals surface area contributed by atoms with Gasteiger partial charge in [-0.25, -0.2) is 9.59 Å². The highest BCUT2D eigenvalue weighted by atomic mass is 19.4. The zero-order valence-corrected chi connectivity index (χ0v) is 10.6. The van der Waals surface area contributed by atoms with E-state index >= 15 is 0 Å². The molecule has 2 unspecified atom stereocenters. The van der Waals surface area contributed by atoms with Gasteiger partial charge in [-0.15, -0.1) is 0 Å². The summed E-state index contributed by atoms with van der Waals surface area (Å²) in [6, 6.07) is -1.37. The molecule has 2 amide bonds. The van der Waals surface area contributed by atoms with Crippen molar-refractivity contribution in [3.8, 4) is 0 Å². The SMILES string of the molecule is CCC(C)N(C)C(=O)NC(C)(C(=O)O)C(F)(F)F. The van der Waals surface area contributed by atoms with Gasteiger partial charge in [0.25, 0.3) is 0 Å². The summed E-state index contributed by atoms with van der Waals surface area (Å²) < 4.78 is 37.9. The van der Waals surface area contributed by atoms with Crippen LogP contribution < -0.4 is 5.32 Å². The molecule has 8 heteroatoms. The maximum atomic E-state index is 12.6. The van der Waals surface area contributed by atoms with E-state index in [-0.39, 0.29) is 6.04 Å². The Morgan fingerprint density at radius 3 is 2.11 bits per heavy atom. The predicted molar refractivity (Wildman–Crippen MR) is 58.1 cm³/mol. The molecule has 0 saturated carbocycles. The number of carboxylic acid groups (broad SMARTS) is 1. The Morgan fingerprint density at radius 2 is 1.83 bits per heavy atom. The first-order valence-corrected chi connectivity index (χ1v) is 5.32. The van der Waals surface area contributed by atoms with Gasteiger partial charge >= 0.3 is 18.2 Å². The molecule has 0 aromatic rings. The van der Waals surface area contributed by atoms with Gasteiger partial charge in [0, 0.05) is 13.1 Å². The lowest BCUT2D eigenvalue weighted by Crippen LogP contribution is -2.64. The number of nitrogens with one attached hydrogen (secondary N) is 1. The summed E-state index contributed by atoms with van der Waals surface area (Å²) in [6.45, 7) is 3.82. The maximum absolute atomic E-state index is 12.6. The Morgan fingerprint density at radius 1 is 1.39 bits per heavy atom. The van der Waals surface area contributed by atoms with Crippen molar-refractivity contribution < 1.29 is 27.9 Å². The first-order valence-electron chi connectivity index (χ1n) is 5.32. The van der Waals surface area contributed by atoms with Crippen molar-refractivity contribution in [1.82, 2.24) is 10.2 Å². The van der Waals surface area contributed by atoms with Gasteiger partial charge in [-0.1, -0.05) is 6.92 Å². The van der Waals surface area contributed by atoms with E-state index < -0.39 is 23.7 Å². The van der Waals surface area contributed by atoms with Crippen molar-refractivity contribution in [2.45, 2.75) is 44.9 Å². The van der Waals surface area contributed by atoms with E-state index in [4.69, 9.17) is 5.11 Å². The molecule has 0 aromatic carbocycles. The Bertz CT molecular complexity index is 333. The number of aliphatic carboxylic acids is 1. The van der Waals surface area contributed by atoms with Crippen molar-refractivity contribution in [1.29, 1.82) is 0 Å². The lowest BCUT2D eigenvalue weighted by atomic mass is 10.0. The summed E-state index contributed by atoms with van der Waals surface area (Å²) in [7, 11) is 1.31. The third-order valence-corrected chi connectivity index (χ3v) is 2.92. The van der Waals surface area contributed by atoms with Crippen LogP contribution in [0.25, 0.3) is 0 Å². The van der Waals surface area contributed by atoms with Crippen LogP contribution in [0, 0.1) is 0 Å². The minimum absolute atomic E-state index is 0.295. The minimum atomic E-state index is -5.08. The normalized spacial score (nSPS) is 16.6. The smallest absolute Gasteiger partial charge is 0.422 e. The van der Waals surface area contributed by atoms with Crippen molar-refractivity contribution in [3.63, 3.8) is 0 Å². The van der Waals surface area contributed by atoms with E-state index in [0.717, 1.165) is 4.90 Å². The van der Waals surface area contributed by atoms with Crippen molar-refractivity contribution in [2.75, 3.05) is 7.05 Å². The van der Waals surface area contributed by atoms with E-state index in [1.54, 1.807) is 13.8 Å². The van der Waals surface area contributed by atoms with Crippen LogP contribution in [-0.2, 0) is 4.79 Å². The van der Waals surface area contributed by atoms with Gasteiger partial charge in [-0.05, 0) is 20.3 Å². The number of rotatable bonds is 4. The molecule has 0 spiro atoms. The first kappa shape index (κ1) is 16.5. The summed E-state index contributed by atoms with van der Waals surface area (Å²) in [6.07, 6.45) is -4.54. The quantitative estimate of drug-likeness (QED) is 0.818. The Kier molecular flexibility index (Phi) is 5.00. The zero-order chi connectivity index (χ0) is 14.7. The monoisotopic (exact) mass is 270 g/mol. The topological polar surface area (TPSA) is 69.6 Å². The average Bonchev–Trinajstić information content (AvgIpc) is 2.24. The second-order valence-electron chi connectivity index (χ2n) is 4.23. The molecule has 0 saturated heterocycles. The summed E-state index contributed by atoms with van der Waals surface area (Å²) in [5.74, 6) is -2.15. The lowest BCUT2D eigenvalue weighted by molar-refractivity contribution is -0.203. The van der Waals surface area contributed by atoms with E-state index in [0.29, 0.717) is 13.3 Å². The molecule has 18 heavy (non-hydrogen) atoms. The second-order valence-corrected chi connectivity index (χ2v) is 4.23. The third-order valence-electron chi connectivity index (χ3n) is 2.92. The van der Waals surface area contributed by atoms with Crippen LogP contribution in [0.4, 0.5) is 18.0 Å². The molecule has 106 valence electrons. The number of amides is 2. The Labute approximate surface area is 103 Å². The fourth-order valence-electron chi connectivity index (χ4n) is 1.02. The molecule has 0 fully saturated rings. The molecular weight excluding hydrogens is 253 g/mol. The molecule has 0 rings (SSSR count). The molecule has 0 bridgehead atoms. The van der Waals surface area contributed by atoms with Crippen LogP contribution in [0.15, 0.2) is 0 Å². The number of carbonyl (C=O) groups excluding carboxylic acids is 1. The molecule has 5 nitrogen and oxygen atoms in total. The Hall–Kier alpha value is -1.47. The van der Waals surface area contributed by atoms with Crippen LogP contribution in [-0.4, -0.2) is 46.8 Å². The Balaban J connectivity index is 5.04. The molecule has 2 N–H and O–H groups in total. The van der Waals surface area contributed by atoms with Crippen LogP contribution >= 0.6 is 0 Å². The molecule has 0 aromatic heterocycles. The number of carbonyl (C=O) groups is 2. The van der Waals surface area contributed by atoms with E-state index in [2.05, 4.69) is 0 Å². The van der Waals surface area contributed by atoms with E-state index in [1.807, 2.05) is 0 Å². The highest BCUT2D eigenvalue weighted by molar-refractivity contribution is 5.86. The van der Waals surface area contributed by atoms with Gasteiger partial charge in [0.1, 0.15) is 0 Å². The van der Waals surface area contributed by atoms with Gasteiger partial charge in [0.15, 0.2) is 0 Å². The molecule has 0 heterocycles. The molecule has 0 aliphatic rings. The van der Waals surface area contributed by atoms with Crippen molar-refractivity contribution >= 4 is 12.0 Å². The lowest BCUT2D eigenvalue weighted by Gasteiger charge is -2.32. The van der Waals surface area contributed by atoms with Crippen LogP contribution in [0.1, 0.15) is 27.2 Å². The minimum Gasteiger partial charge on any atom is -0.479 e. The maximum Gasteiger partial charge on any atom is 0.422 e. The summed E-state index contributed by atoms with van der Waals surface area (Å²) >= 11 is 0. The van der Waals surface area contributed by atoms with Crippen LogP contribution in [0.3, 0.4) is 0 Å². The molecule has 2 atom stereocenters. The first-order chi connectivity index (χ1) is 7.97. The van der Waals surface area contributed by atoms with Gasteiger partial charge in [-0.2, -0.15) is 13.2 Å². The largest absolute Gasteiger partial charge is 0.479 e. The van der Waals surface area contributed by atoms with Crippen molar-refractivity contribution in [3.05, 3.63) is 0 Å². The number of halogens is 3. The third kappa shape index (κ3) is 3.27. The predicted octanol–water partition coefficient (Wildman–Crippen LogP) is 1.83. The highest BCUT2D eigenvalue weighted by Gasteiger charge is 2.58. The van der Waals surface area contributed by atoms with Gasteiger partial charge in [-0.3, -0.25) is 0 Å². The number of carboxylic acids is 1. The van der Waals surface area contributed by atoms with E-state index in [1.165, 1.54) is 12.4 Å². The molecule has 0 aliphatic carbocycles. The fraction of sp³-hybridized carbons (Fsp3) is 0.800. The summed E-state index contributed by atoms with van der Waals surface area (Å²) in [5.41, 5.74) is -3.30. The summed E-state index contributed by atoms with van der Waals surface area (Å²) in [4.78, 5) is 23.3. The summed E-state index contributed by atoms with van der Waals surface area (Å²) in [5, 5.41) is 10.2. The number of hydrogen-bond donors (Lipinski definition) is 2. The number of alkyl halides is 3. The average molecular weight is 270 g/mol. The number of urea groups is 1. The van der Waals surface area contributed by atoms with Crippen LogP contribution in [0.5, 0.6) is 0 Å². The number of hydrogen-bond acceptors (Lipinski definition) is 2. The number of nitrogens with zero attached hydrogens (tertiary/aromatic N) is 1. The zero-order valence-electron chi connectivity index (χ0n) is 10.6. The van der Waals surface area contributed by atoms with E-state index in [9.17, 15) is 22.8 Å². The molecule has 0 radical (unpaired) electrons. The van der Waals surface area contributed by atoms with Crippen molar-refractivity contribution in [2.24, 2.45) is 0 Å². The second kappa shape index (κ2) is 5.45. The van der Waals surface area contributed by atoms with Gasteiger partial charge in [0.05, 0.1) is 0 Å². The highest BCUT2D eigenvalue weighted by Crippen LogP contribution is 2.30. The van der Waals surface area contributed by atoms with Crippen LogP contribution in [0.2, 0.25) is 0 Å². The molecular formula is C10H17F3N2O3. The standard InChI is InChI=1S/C10H17F3N2O3/c1-5-6(2)15(4)8(18)14-9(3,7(16)17)10(11,12)13/h6H,5H2,1-4H3,(H,14,18)(H,16,17). The van der Waals surface area contributed by atoms with Gasteiger partial charge < -0.3 is 15.3 Å². The fourth-order valence-corrected chi connectivity index (χ4v) is 1.02.